The van der Waals surface area contributed by atoms with Gasteiger partial charge in [-0.2, -0.15) is 0 Å². The molecule has 2 aliphatic heterocycles. The zero-order valence-corrected chi connectivity index (χ0v) is 14.0. The third-order valence-electron chi connectivity index (χ3n) is 4.70. The van der Waals surface area contributed by atoms with Gasteiger partial charge in [-0.1, -0.05) is 24.3 Å². The molecule has 1 aromatic carbocycles. The van der Waals surface area contributed by atoms with Crippen molar-refractivity contribution in [3.05, 3.63) is 42.0 Å². The molecule has 130 valence electrons. The fraction of sp³-hybridized carbons (Fsp3) is 0.526. The van der Waals surface area contributed by atoms with E-state index in [1.807, 2.05) is 18.2 Å². The molecule has 2 heterocycles. The van der Waals surface area contributed by atoms with E-state index in [4.69, 9.17) is 15.2 Å². The molecule has 2 amide bonds. The van der Waals surface area contributed by atoms with Crippen LogP contribution in [0.4, 0.5) is 4.79 Å². The molecule has 1 fully saturated rings. The SMILES string of the molecule is NC(=O)N1CC=CCC1Cc1cccc(OCCC2CCCO2)c1. The summed E-state index contributed by atoms with van der Waals surface area (Å²) in [5.41, 5.74) is 6.65. The van der Waals surface area contributed by atoms with Gasteiger partial charge in [-0.3, -0.25) is 0 Å². The average Bonchev–Trinajstić information content (AvgIpc) is 3.09. The maximum Gasteiger partial charge on any atom is 0.315 e. The van der Waals surface area contributed by atoms with Crippen LogP contribution in [0.5, 0.6) is 5.75 Å². The van der Waals surface area contributed by atoms with Gasteiger partial charge in [-0.05, 0) is 43.4 Å². The molecule has 2 unspecified atom stereocenters. The third kappa shape index (κ3) is 4.51. The van der Waals surface area contributed by atoms with Crippen molar-refractivity contribution in [3.8, 4) is 5.75 Å². The van der Waals surface area contributed by atoms with Crippen LogP contribution in [0.15, 0.2) is 36.4 Å². The summed E-state index contributed by atoms with van der Waals surface area (Å²) in [5, 5.41) is 0. The van der Waals surface area contributed by atoms with E-state index in [1.54, 1.807) is 4.90 Å². The molecular formula is C19H26N2O3. The Hall–Kier alpha value is -2.01. The molecule has 24 heavy (non-hydrogen) atoms. The van der Waals surface area contributed by atoms with Crippen molar-refractivity contribution >= 4 is 6.03 Å². The van der Waals surface area contributed by atoms with Gasteiger partial charge in [0.25, 0.3) is 0 Å². The smallest absolute Gasteiger partial charge is 0.315 e. The first-order chi connectivity index (χ1) is 11.7. The summed E-state index contributed by atoms with van der Waals surface area (Å²) in [5.74, 6) is 0.877. The predicted octanol–water partition coefficient (Wildman–Crippen LogP) is 2.89. The van der Waals surface area contributed by atoms with Crippen molar-refractivity contribution < 1.29 is 14.3 Å². The van der Waals surface area contributed by atoms with Gasteiger partial charge in [0, 0.05) is 25.6 Å². The normalized spacial score (nSPS) is 23.4. The highest BCUT2D eigenvalue weighted by atomic mass is 16.5. The molecule has 5 nitrogen and oxygen atoms in total. The molecule has 0 aliphatic carbocycles. The molecule has 2 atom stereocenters. The van der Waals surface area contributed by atoms with Crippen molar-refractivity contribution in [1.29, 1.82) is 0 Å². The van der Waals surface area contributed by atoms with Crippen LogP contribution in [-0.2, 0) is 11.2 Å². The maximum absolute atomic E-state index is 11.6. The summed E-state index contributed by atoms with van der Waals surface area (Å²) in [7, 11) is 0. The molecule has 3 rings (SSSR count). The van der Waals surface area contributed by atoms with Crippen molar-refractivity contribution in [2.75, 3.05) is 19.8 Å². The van der Waals surface area contributed by atoms with E-state index in [0.717, 1.165) is 50.0 Å². The number of benzene rings is 1. The van der Waals surface area contributed by atoms with Gasteiger partial charge in [0.1, 0.15) is 5.75 Å². The Morgan fingerprint density at radius 1 is 1.38 bits per heavy atom. The number of hydrogen-bond donors (Lipinski definition) is 1. The highest BCUT2D eigenvalue weighted by molar-refractivity contribution is 5.72. The number of nitrogens with zero attached hydrogens (tertiary/aromatic N) is 1. The van der Waals surface area contributed by atoms with E-state index in [0.29, 0.717) is 19.3 Å². The zero-order valence-electron chi connectivity index (χ0n) is 14.0. The Kier molecular flexibility index (Phi) is 5.75. The topological polar surface area (TPSA) is 64.8 Å². The lowest BCUT2D eigenvalue weighted by Gasteiger charge is -2.31. The summed E-state index contributed by atoms with van der Waals surface area (Å²) in [4.78, 5) is 13.3. The first-order valence-corrected chi connectivity index (χ1v) is 8.77. The van der Waals surface area contributed by atoms with Crippen LogP contribution < -0.4 is 10.5 Å². The van der Waals surface area contributed by atoms with E-state index in [1.165, 1.54) is 0 Å². The molecule has 1 saturated heterocycles. The summed E-state index contributed by atoms with van der Waals surface area (Å²) >= 11 is 0. The third-order valence-corrected chi connectivity index (χ3v) is 4.70. The molecule has 0 radical (unpaired) electrons. The standard InChI is InChI=1S/C19H26N2O3/c20-19(22)21-10-2-1-6-16(21)13-15-5-3-7-18(14-15)24-12-9-17-8-4-11-23-17/h1-3,5,7,14,16-17H,4,6,8-13H2,(H2,20,22). The van der Waals surface area contributed by atoms with Crippen molar-refractivity contribution in [2.24, 2.45) is 5.73 Å². The Morgan fingerprint density at radius 3 is 3.08 bits per heavy atom. The summed E-state index contributed by atoms with van der Waals surface area (Å²) < 4.78 is 11.5. The number of primary amides is 1. The number of nitrogens with two attached hydrogens (primary N) is 1. The molecule has 2 N–H and O–H groups in total. The quantitative estimate of drug-likeness (QED) is 0.816. The summed E-state index contributed by atoms with van der Waals surface area (Å²) in [6, 6.07) is 7.88. The van der Waals surface area contributed by atoms with Crippen LogP contribution in [0.2, 0.25) is 0 Å². The van der Waals surface area contributed by atoms with Crippen molar-refractivity contribution in [2.45, 2.75) is 44.2 Å². The van der Waals surface area contributed by atoms with Crippen molar-refractivity contribution in [1.82, 2.24) is 4.90 Å². The molecule has 0 aromatic heterocycles. The van der Waals surface area contributed by atoms with E-state index in [2.05, 4.69) is 18.2 Å². The highest BCUT2D eigenvalue weighted by Crippen LogP contribution is 2.21. The van der Waals surface area contributed by atoms with Gasteiger partial charge in [-0.15, -0.1) is 0 Å². The molecule has 5 heteroatoms. The van der Waals surface area contributed by atoms with E-state index in [9.17, 15) is 4.79 Å². The number of rotatable bonds is 6. The molecule has 1 aromatic rings. The minimum absolute atomic E-state index is 0.120. The molecule has 0 spiro atoms. The first kappa shape index (κ1) is 16.8. The Morgan fingerprint density at radius 2 is 2.29 bits per heavy atom. The maximum atomic E-state index is 11.6. The number of amides is 2. The van der Waals surface area contributed by atoms with Gasteiger partial charge < -0.3 is 20.1 Å². The van der Waals surface area contributed by atoms with Gasteiger partial charge in [0.15, 0.2) is 0 Å². The monoisotopic (exact) mass is 330 g/mol. The Bertz CT molecular complexity index is 582. The number of hydrogen-bond acceptors (Lipinski definition) is 3. The van der Waals surface area contributed by atoms with E-state index >= 15 is 0 Å². The zero-order chi connectivity index (χ0) is 16.8. The number of ether oxygens (including phenoxy) is 2. The van der Waals surface area contributed by atoms with Gasteiger partial charge in [0.05, 0.1) is 12.7 Å². The average molecular weight is 330 g/mol. The second kappa shape index (κ2) is 8.20. The van der Waals surface area contributed by atoms with Crippen LogP contribution in [0.25, 0.3) is 0 Å². The van der Waals surface area contributed by atoms with Gasteiger partial charge >= 0.3 is 6.03 Å². The largest absolute Gasteiger partial charge is 0.493 e. The van der Waals surface area contributed by atoms with Crippen LogP contribution in [0.3, 0.4) is 0 Å². The van der Waals surface area contributed by atoms with E-state index in [-0.39, 0.29) is 12.1 Å². The lowest BCUT2D eigenvalue weighted by molar-refractivity contribution is 0.0903. The lowest BCUT2D eigenvalue weighted by atomic mass is 9.99. The fourth-order valence-corrected chi connectivity index (χ4v) is 3.40. The molecule has 2 aliphatic rings. The number of carbonyl (C=O) groups excluding carboxylic acids is 1. The Balaban J connectivity index is 1.54. The summed E-state index contributed by atoms with van der Waals surface area (Å²) in [6.45, 7) is 2.15. The fourth-order valence-electron chi connectivity index (χ4n) is 3.40. The molecule has 0 saturated carbocycles. The van der Waals surface area contributed by atoms with E-state index < -0.39 is 0 Å². The second-order valence-corrected chi connectivity index (χ2v) is 6.48. The molecular weight excluding hydrogens is 304 g/mol. The number of carbonyl (C=O) groups is 1. The van der Waals surface area contributed by atoms with Gasteiger partial charge in [-0.25, -0.2) is 4.79 Å². The van der Waals surface area contributed by atoms with Crippen LogP contribution in [0, 0.1) is 0 Å². The van der Waals surface area contributed by atoms with Crippen LogP contribution in [0.1, 0.15) is 31.2 Å². The minimum atomic E-state index is -0.353. The highest BCUT2D eigenvalue weighted by Gasteiger charge is 2.22. The summed E-state index contributed by atoms with van der Waals surface area (Å²) in [6.07, 6.45) is 9.33. The van der Waals surface area contributed by atoms with Gasteiger partial charge in [0.2, 0.25) is 0 Å². The minimum Gasteiger partial charge on any atom is -0.493 e. The van der Waals surface area contributed by atoms with Crippen LogP contribution in [-0.4, -0.2) is 42.8 Å². The Labute approximate surface area is 143 Å². The molecule has 0 bridgehead atoms. The van der Waals surface area contributed by atoms with Crippen LogP contribution >= 0.6 is 0 Å². The lowest BCUT2D eigenvalue weighted by Crippen LogP contribution is -2.46. The number of urea groups is 1. The predicted molar refractivity (Wildman–Crippen MR) is 93.1 cm³/mol. The second-order valence-electron chi connectivity index (χ2n) is 6.48. The first-order valence-electron chi connectivity index (χ1n) is 8.77. The van der Waals surface area contributed by atoms with Crippen molar-refractivity contribution in [3.63, 3.8) is 0 Å².